The molecule has 0 radical (unpaired) electrons. The molecule has 0 fully saturated rings. The Labute approximate surface area is 123 Å². The van der Waals surface area contributed by atoms with E-state index in [1.807, 2.05) is 17.1 Å². The molecular formula is C14H28ClN3O. The number of halogens is 1. The van der Waals surface area contributed by atoms with E-state index in [0.29, 0.717) is 0 Å². The second-order valence-electron chi connectivity index (χ2n) is 7.13. The van der Waals surface area contributed by atoms with Crippen LogP contribution in [-0.2, 0) is 5.54 Å². The Morgan fingerprint density at radius 3 is 2.21 bits per heavy atom. The average molecular weight is 290 g/mol. The lowest BCUT2D eigenvalue weighted by molar-refractivity contribution is 0.234. The molecule has 0 bridgehead atoms. The van der Waals surface area contributed by atoms with E-state index in [9.17, 15) is 5.11 Å². The minimum atomic E-state index is -0.0152. The lowest BCUT2D eigenvalue weighted by atomic mass is 9.88. The Balaban J connectivity index is 0.00000324. The molecule has 0 amide bonds. The normalized spacial score (nSPS) is 13.8. The van der Waals surface area contributed by atoms with Crippen LogP contribution in [-0.4, -0.2) is 27.5 Å². The summed E-state index contributed by atoms with van der Waals surface area (Å²) in [4.78, 5) is 0. The van der Waals surface area contributed by atoms with Crippen LogP contribution in [0.25, 0.3) is 0 Å². The maximum Gasteiger partial charge on any atom is 0.0729 e. The highest BCUT2D eigenvalue weighted by atomic mass is 35.5. The number of nitrogens with one attached hydrogen (secondary N) is 1. The monoisotopic (exact) mass is 289 g/mol. The first kappa shape index (κ1) is 18.3. The van der Waals surface area contributed by atoms with Crippen molar-refractivity contribution in [1.82, 2.24) is 9.78 Å². The molecule has 1 aromatic heterocycles. The van der Waals surface area contributed by atoms with Crippen molar-refractivity contribution in [2.45, 2.75) is 59.5 Å². The number of nitrogens with zero attached hydrogens (tertiary/aromatic N) is 2. The summed E-state index contributed by atoms with van der Waals surface area (Å²) in [7, 11) is 0. The standard InChI is InChI=1S/C14H27N3O.ClH/c1-13(2,3)7-11(10-18)16-12-8-15-17(9-12)14(4,5)6;/h8-9,11,16,18H,7,10H2,1-6H3;1H/t11-;/m1./s1. The van der Waals surface area contributed by atoms with Crippen molar-refractivity contribution in [3.63, 3.8) is 0 Å². The minimum Gasteiger partial charge on any atom is -0.394 e. The predicted molar refractivity (Wildman–Crippen MR) is 83.0 cm³/mol. The fraction of sp³-hybridized carbons (Fsp3) is 0.786. The van der Waals surface area contributed by atoms with Gasteiger partial charge in [0.2, 0.25) is 0 Å². The highest BCUT2D eigenvalue weighted by Gasteiger charge is 2.19. The number of aromatic nitrogens is 2. The SMILES string of the molecule is CC(C)(C)C[C@H](CO)Nc1cnn(C(C)(C)C)c1.Cl. The first-order valence-electron chi connectivity index (χ1n) is 6.54. The Morgan fingerprint density at radius 1 is 1.26 bits per heavy atom. The van der Waals surface area contributed by atoms with Crippen molar-refractivity contribution in [2.24, 2.45) is 5.41 Å². The summed E-state index contributed by atoms with van der Waals surface area (Å²) in [6.07, 6.45) is 4.73. The third-order valence-corrected chi connectivity index (χ3v) is 2.72. The molecule has 0 aromatic carbocycles. The molecule has 0 saturated carbocycles. The molecule has 0 aliphatic heterocycles. The van der Waals surface area contributed by atoms with Crippen LogP contribution in [0.2, 0.25) is 0 Å². The van der Waals surface area contributed by atoms with Gasteiger partial charge in [-0.05, 0) is 32.6 Å². The molecule has 0 aliphatic carbocycles. The van der Waals surface area contributed by atoms with Crippen LogP contribution in [0.15, 0.2) is 12.4 Å². The lowest BCUT2D eigenvalue weighted by Gasteiger charge is -2.25. The van der Waals surface area contributed by atoms with Crippen LogP contribution in [0, 0.1) is 5.41 Å². The van der Waals surface area contributed by atoms with Gasteiger partial charge < -0.3 is 10.4 Å². The summed E-state index contributed by atoms with van der Waals surface area (Å²) in [6, 6.07) is 0.0719. The number of hydrogen-bond acceptors (Lipinski definition) is 3. The molecule has 0 unspecified atom stereocenters. The maximum absolute atomic E-state index is 9.43. The molecule has 0 aliphatic rings. The molecule has 0 spiro atoms. The number of rotatable bonds is 4. The molecule has 1 aromatic rings. The molecule has 112 valence electrons. The fourth-order valence-corrected chi connectivity index (χ4v) is 1.90. The van der Waals surface area contributed by atoms with E-state index in [2.05, 4.69) is 52.0 Å². The second-order valence-corrected chi connectivity index (χ2v) is 7.13. The van der Waals surface area contributed by atoms with Crippen LogP contribution in [0.3, 0.4) is 0 Å². The van der Waals surface area contributed by atoms with Gasteiger partial charge in [0.15, 0.2) is 0 Å². The second kappa shape index (κ2) is 6.62. The molecule has 5 heteroatoms. The van der Waals surface area contributed by atoms with Gasteiger partial charge in [-0.1, -0.05) is 20.8 Å². The predicted octanol–water partition coefficient (Wildman–Crippen LogP) is 3.27. The lowest BCUT2D eigenvalue weighted by Crippen LogP contribution is -2.29. The van der Waals surface area contributed by atoms with Gasteiger partial charge >= 0.3 is 0 Å². The highest BCUT2D eigenvalue weighted by molar-refractivity contribution is 5.85. The molecule has 1 atom stereocenters. The van der Waals surface area contributed by atoms with Crippen molar-refractivity contribution in [1.29, 1.82) is 0 Å². The summed E-state index contributed by atoms with van der Waals surface area (Å²) >= 11 is 0. The molecular weight excluding hydrogens is 262 g/mol. The summed E-state index contributed by atoms with van der Waals surface area (Å²) in [5, 5.41) is 17.1. The van der Waals surface area contributed by atoms with Gasteiger partial charge in [0.1, 0.15) is 0 Å². The van der Waals surface area contributed by atoms with E-state index in [0.717, 1.165) is 12.1 Å². The number of aliphatic hydroxyl groups is 1. The van der Waals surface area contributed by atoms with Gasteiger partial charge in [-0.25, -0.2) is 0 Å². The smallest absolute Gasteiger partial charge is 0.0729 e. The van der Waals surface area contributed by atoms with Crippen molar-refractivity contribution in [2.75, 3.05) is 11.9 Å². The van der Waals surface area contributed by atoms with Crippen molar-refractivity contribution in [3.8, 4) is 0 Å². The quantitative estimate of drug-likeness (QED) is 0.894. The van der Waals surface area contributed by atoms with Gasteiger partial charge in [-0.2, -0.15) is 5.10 Å². The van der Waals surface area contributed by atoms with E-state index < -0.39 is 0 Å². The third kappa shape index (κ3) is 6.30. The van der Waals surface area contributed by atoms with E-state index in [4.69, 9.17) is 0 Å². The summed E-state index contributed by atoms with van der Waals surface area (Å²) in [5.74, 6) is 0. The van der Waals surface area contributed by atoms with E-state index >= 15 is 0 Å². The Bertz CT molecular complexity index is 377. The van der Waals surface area contributed by atoms with Gasteiger partial charge in [0.05, 0.1) is 24.0 Å². The average Bonchev–Trinajstić information content (AvgIpc) is 2.62. The van der Waals surface area contributed by atoms with E-state index in [-0.39, 0.29) is 36.0 Å². The van der Waals surface area contributed by atoms with E-state index in [1.165, 1.54) is 0 Å². The zero-order valence-electron chi connectivity index (χ0n) is 12.9. The summed E-state index contributed by atoms with van der Waals surface area (Å²) in [6.45, 7) is 13.0. The highest BCUT2D eigenvalue weighted by Crippen LogP contribution is 2.23. The van der Waals surface area contributed by atoms with Gasteiger partial charge in [-0.3, -0.25) is 4.68 Å². The summed E-state index contributed by atoms with van der Waals surface area (Å²) < 4.78 is 1.93. The van der Waals surface area contributed by atoms with Gasteiger partial charge in [0, 0.05) is 12.2 Å². The van der Waals surface area contributed by atoms with E-state index in [1.54, 1.807) is 0 Å². The molecule has 1 rings (SSSR count). The van der Waals surface area contributed by atoms with Crippen molar-refractivity contribution in [3.05, 3.63) is 12.4 Å². The van der Waals surface area contributed by atoms with Crippen LogP contribution in [0.1, 0.15) is 48.0 Å². The molecule has 19 heavy (non-hydrogen) atoms. The van der Waals surface area contributed by atoms with Crippen molar-refractivity contribution >= 4 is 18.1 Å². The Kier molecular flexibility index (Phi) is 6.36. The van der Waals surface area contributed by atoms with Crippen LogP contribution in [0.5, 0.6) is 0 Å². The topological polar surface area (TPSA) is 50.1 Å². The minimum absolute atomic E-state index is 0. The molecule has 0 saturated heterocycles. The first-order valence-corrected chi connectivity index (χ1v) is 6.54. The molecule has 4 nitrogen and oxygen atoms in total. The maximum atomic E-state index is 9.43. The van der Waals surface area contributed by atoms with Crippen molar-refractivity contribution < 1.29 is 5.11 Å². The number of aliphatic hydroxyl groups excluding tert-OH is 1. The number of hydrogen-bond donors (Lipinski definition) is 2. The fourth-order valence-electron chi connectivity index (χ4n) is 1.90. The Hall–Kier alpha value is -0.740. The van der Waals surface area contributed by atoms with Gasteiger partial charge in [0.25, 0.3) is 0 Å². The first-order chi connectivity index (χ1) is 8.12. The zero-order chi connectivity index (χ0) is 14.0. The summed E-state index contributed by atoms with van der Waals surface area (Å²) in [5.41, 5.74) is 1.15. The Morgan fingerprint density at radius 2 is 1.84 bits per heavy atom. The number of anilines is 1. The molecule has 2 N–H and O–H groups in total. The largest absolute Gasteiger partial charge is 0.394 e. The van der Waals surface area contributed by atoms with Crippen LogP contribution in [0.4, 0.5) is 5.69 Å². The van der Waals surface area contributed by atoms with Gasteiger partial charge in [-0.15, -0.1) is 12.4 Å². The third-order valence-electron chi connectivity index (χ3n) is 2.72. The molecule has 1 heterocycles. The van der Waals surface area contributed by atoms with Crippen LogP contribution < -0.4 is 5.32 Å². The zero-order valence-corrected chi connectivity index (χ0v) is 13.7. The van der Waals surface area contributed by atoms with Crippen LogP contribution >= 0.6 is 12.4 Å².